The van der Waals surface area contributed by atoms with E-state index in [-0.39, 0.29) is 58.2 Å². The van der Waals surface area contributed by atoms with Gasteiger partial charge in [0.1, 0.15) is 0 Å². The van der Waals surface area contributed by atoms with E-state index in [1.165, 1.54) is 6.42 Å². The zero-order chi connectivity index (χ0) is 4.83. The van der Waals surface area contributed by atoms with Crippen LogP contribution in [0.5, 0.6) is 0 Å². The number of allylic oxidation sites excluding steroid dienone is 1. The van der Waals surface area contributed by atoms with Gasteiger partial charge in [0.25, 0.3) is 0 Å². The molecule has 1 heteroatoms. The van der Waals surface area contributed by atoms with E-state index < -0.39 is 0 Å². The fourth-order valence-corrected chi connectivity index (χ4v) is 0.289. The Kier molecular flexibility index (Phi) is 17.1. The van der Waals surface area contributed by atoms with Crippen molar-refractivity contribution in [2.75, 3.05) is 0 Å². The Bertz CT molecular complexity index is 33.2. The molecule has 0 aliphatic rings. The van der Waals surface area contributed by atoms with E-state index in [1.54, 1.807) is 0 Å². The molecule has 0 amide bonds. The summed E-state index contributed by atoms with van der Waals surface area (Å²) in [6, 6.07) is 0. The normalized spacial score (nSPS) is 7.00. The van der Waals surface area contributed by atoms with Crippen LogP contribution in [0.4, 0.5) is 0 Å². The van der Waals surface area contributed by atoms with Gasteiger partial charge in [-0.2, -0.15) is 6.42 Å². The molecule has 0 bridgehead atoms. The van der Waals surface area contributed by atoms with Gasteiger partial charge in [-0.1, -0.05) is 12.5 Å². The van der Waals surface area contributed by atoms with Gasteiger partial charge >= 0.3 is 58.2 Å². The van der Waals surface area contributed by atoms with Crippen molar-refractivity contribution in [3.63, 3.8) is 0 Å². The summed E-state index contributed by atoms with van der Waals surface area (Å²) in [5, 5.41) is 0. The third-order valence-corrected chi connectivity index (χ3v) is 0.658. The van der Waals surface area contributed by atoms with Crippen LogP contribution in [0.15, 0.2) is 12.7 Å². The fraction of sp³-hybridized carbons (Fsp3) is 0.500. The van der Waals surface area contributed by atoms with Gasteiger partial charge in [-0.05, 0) is 6.42 Å². The molecule has 0 fully saturated rings. The summed E-state index contributed by atoms with van der Waals surface area (Å²) >= 11 is 0. The van der Waals surface area contributed by atoms with E-state index in [0.717, 1.165) is 12.8 Å². The minimum Gasteiger partial charge on any atom is -0.343 e. The molecular weight excluding hydrogens is 158 g/mol. The summed E-state index contributed by atoms with van der Waals surface area (Å²) in [6.07, 6.45) is 5.25. The number of rotatable bonds is 3. The second kappa shape index (κ2) is 10.5. The van der Waals surface area contributed by atoms with Crippen LogP contribution in [0.3, 0.4) is 0 Å². The van der Waals surface area contributed by atoms with Gasteiger partial charge in [-0.15, -0.1) is 6.58 Å². The van der Waals surface area contributed by atoms with Crippen LogP contribution in [0.25, 0.3) is 0 Å². The minimum absolute atomic E-state index is 0. The molecule has 0 aromatic rings. The molecule has 0 aliphatic heterocycles. The quantitative estimate of drug-likeness (QED) is 0.294. The van der Waals surface area contributed by atoms with Crippen LogP contribution < -0.4 is 58.2 Å². The molecule has 0 aromatic heterocycles. The van der Waals surface area contributed by atoms with Crippen molar-refractivity contribution >= 4 is 0 Å². The SMILES string of the molecule is C=CCCC[CH2-].[Rb+]. The topological polar surface area (TPSA) is 0 Å². The van der Waals surface area contributed by atoms with Gasteiger partial charge in [-0.3, -0.25) is 0 Å². The Labute approximate surface area is 95.2 Å². The van der Waals surface area contributed by atoms with Gasteiger partial charge in [-0.25, -0.2) is 0 Å². The summed E-state index contributed by atoms with van der Waals surface area (Å²) in [5.74, 6) is 0. The first-order valence-electron chi connectivity index (χ1n) is 2.32. The molecule has 0 N–H and O–H groups in total. The van der Waals surface area contributed by atoms with Gasteiger partial charge in [0.05, 0.1) is 0 Å². The molecule has 0 nitrogen and oxygen atoms in total. The van der Waals surface area contributed by atoms with Crippen LogP contribution in [0.1, 0.15) is 19.3 Å². The largest absolute Gasteiger partial charge is 1.00 e. The Hall–Kier alpha value is 1.55. The molecule has 0 aliphatic carbocycles. The first kappa shape index (κ1) is 11.4. The Balaban J connectivity index is 0. The maximum absolute atomic E-state index is 3.68. The Morgan fingerprint density at radius 2 is 2.14 bits per heavy atom. The average Bonchev–Trinajstić information content (AvgIpc) is 1.61. The second-order valence-electron chi connectivity index (χ2n) is 1.28. The van der Waals surface area contributed by atoms with Crippen molar-refractivity contribution < 1.29 is 58.2 Å². The zero-order valence-electron chi connectivity index (χ0n) is 5.11. The van der Waals surface area contributed by atoms with Crippen molar-refractivity contribution in [1.29, 1.82) is 0 Å². The van der Waals surface area contributed by atoms with E-state index in [1.807, 2.05) is 6.08 Å². The van der Waals surface area contributed by atoms with Crippen molar-refractivity contribution in [1.82, 2.24) is 0 Å². The number of unbranched alkanes of at least 4 members (excludes halogenated alkanes) is 2. The van der Waals surface area contributed by atoms with E-state index in [0.29, 0.717) is 0 Å². The molecule has 36 valence electrons. The molecule has 0 saturated carbocycles. The first-order chi connectivity index (χ1) is 2.91. The third-order valence-electron chi connectivity index (χ3n) is 0.658. The average molecular weight is 169 g/mol. The molecule has 7 heavy (non-hydrogen) atoms. The summed E-state index contributed by atoms with van der Waals surface area (Å²) in [6.45, 7) is 7.25. The monoisotopic (exact) mass is 168 g/mol. The van der Waals surface area contributed by atoms with Crippen molar-refractivity contribution in [3.05, 3.63) is 19.6 Å². The van der Waals surface area contributed by atoms with E-state index >= 15 is 0 Å². The molecule has 0 spiro atoms. The van der Waals surface area contributed by atoms with Crippen LogP contribution in [-0.2, 0) is 0 Å². The second-order valence-corrected chi connectivity index (χ2v) is 1.28. The van der Waals surface area contributed by atoms with Crippen molar-refractivity contribution in [2.24, 2.45) is 0 Å². The Morgan fingerprint density at radius 1 is 1.57 bits per heavy atom. The van der Waals surface area contributed by atoms with Crippen molar-refractivity contribution in [2.45, 2.75) is 19.3 Å². The van der Waals surface area contributed by atoms with Gasteiger partial charge in [0, 0.05) is 0 Å². The van der Waals surface area contributed by atoms with E-state index in [9.17, 15) is 0 Å². The first-order valence-corrected chi connectivity index (χ1v) is 2.32. The number of hydrogen-bond acceptors (Lipinski definition) is 0. The smallest absolute Gasteiger partial charge is 0.343 e. The predicted molar refractivity (Wildman–Crippen MR) is 29.4 cm³/mol. The molecule has 0 rings (SSSR count). The molecule has 0 heterocycles. The molecule has 0 aromatic carbocycles. The molecule has 0 saturated heterocycles. The maximum Gasteiger partial charge on any atom is 1.00 e. The van der Waals surface area contributed by atoms with E-state index in [2.05, 4.69) is 13.5 Å². The van der Waals surface area contributed by atoms with Crippen LogP contribution >= 0.6 is 0 Å². The predicted octanol–water partition coefficient (Wildman–Crippen LogP) is -0.819. The summed E-state index contributed by atoms with van der Waals surface area (Å²) in [4.78, 5) is 0. The van der Waals surface area contributed by atoms with Crippen molar-refractivity contribution in [3.8, 4) is 0 Å². The van der Waals surface area contributed by atoms with Crippen LogP contribution in [-0.4, -0.2) is 0 Å². The van der Waals surface area contributed by atoms with Gasteiger partial charge in [0.2, 0.25) is 0 Å². The van der Waals surface area contributed by atoms with Crippen LogP contribution in [0.2, 0.25) is 0 Å². The Morgan fingerprint density at radius 3 is 2.29 bits per heavy atom. The fourth-order valence-electron chi connectivity index (χ4n) is 0.289. The van der Waals surface area contributed by atoms with Crippen LogP contribution in [0, 0.1) is 6.92 Å². The summed E-state index contributed by atoms with van der Waals surface area (Å²) < 4.78 is 0. The van der Waals surface area contributed by atoms with E-state index in [4.69, 9.17) is 0 Å². The zero-order valence-corrected chi connectivity index (χ0v) is 10.0. The number of hydrogen-bond donors (Lipinski definition) is 0. The molecule has 0 radical (unpaired) electrons. The van der Waals surface area contributed by atoms with Gasteiger partial charge in [0.15, 0.2) is 0 Å². The standard InChI is InChI=1S/C6H11.Rb/c1-3-5-6-4-2;/h3H,1-2,4-6H2;/q-1;+1. The summed E-state index contributed by atoms with van der Waals surface area (Å²) in [7, 11) is 0. The van der Waals surface area contributed by atoms with Gasteiger partial charge < -0.3 is 6.92 Å². The maximum atomic E-state index is 3.68. The third kappa shape index (κ3) is 11.2. The minimum atomic E-state index is 0. The summed E-state index contributed by atoms with van der Waals surface area (Å²) in [5.41, 5.74) is 0. The molecule has 0 atom stereocenters. The molecule has 0 unspecified atom stereocenters. The molecular formula is C6H11Rb.